The fourth-order valence-corrected chi connectivity index (χ4v) is 3.46. The number of nitrogens with zero attached hydrogens (tertiary/aromatic N) is 1. The van der Waals surface area contributed by atoms with Gasteiger partial charge in [-0.2, -0.15) is 0 Å². The third-order valence-corrected chi connectivity index (χ3v) is 5.12. The van der Waals surface area contributed by atoms with Gasteiger partial charge in [0, 0.05) is 17.1 Å². The fraction of sp³-hybridized carbons (Fsp3) is 0.227. The summed E-state index contributed by atoms with van der Waals surface area (Å²) in [4.78, 5) is 17.0. The number of alkyl halides is 1. The normalized spacial score (nSPS) is 11.8. The van der Waals surface area contributed by atoms with Crippen molar-refractivity contribution < 1.29 is 18.0 Å². The average molecular weight is 481 g/mol. The zero-order valence-electron chi connectivity index (χ0n) is 16.8. The van der Waals surface area contributed by atoms with Gasteiger partial charge in [-0.1, -0.05) is 41.4 Å². The Morgan fingerprint density at radius 1 is 1.22 bits per heavy atom. The lowest BCUT2D eigenvalue weighted by molar-refractivity contribution is 0.0923. The first-order valence-corrected chi connectivity index (χ1v) is 10.5. The summed E-state index contributed by atoms with van der Waals surface area (Å²) in [6, 6.07) is 10.3. The molecule has 0 spiro atoms. The molecule has 0 saturated carbocycles. The number of nitrogens with one attached hydrogen (secondary N) is 3. The standard InChI is InChI=1S/C22H20Cl2F2N4O2/c23-14-5-1-4-13(10-14)18-12-29-22(32-18)17(8-3-9-28-19(27)11-25)30-21(31)20-15(24)6-2-7-16(20)26/h1-2,4-7,10,12,17H,3,8-9,11H2,(H2,27,28)(H,30,31)/t17-/m0/s1. The van der Waals surface area contributed by atoms with Crippen molar-refractivity contribution in [2.45, 2.75) is 18.9 Å². The van der Waals surface area contributed by atoms with E-state index in [1.165, 1.54) is 18.3 Å². The molecule has 0 aliphatic heterocycles. The van der Waals surface area contributed by atoms with Crippen LogP contribution in [0, 0.1) is 11.2 Å². The van der Waals surface area contributed by atoms with E-state index in [9.17, 15) is 13.6 Å². The molecule has 3 N–H and O–H groups in total. The molecule has 3 aromatic rings. The first kappa shape index (κ1) is 23.7. The van der Waals surface area contributed by atoms with Crippen molar-refractivity contribution in [1.82, 2.24) is 15.6 Å². The number of amides is 1. The van der Waals surface area contributed by atoms with Gasteiger partial charge in [0.15, 0.2) is 5.76 Å². The summed E-state index contributed by atoms with van der Waals surface area (Å²) < 4.78 is 32.5. The van der Waals surface area contributed by atoms with Gasteiger partial charge in [0.05, 0.1) is 16.8 Å². The van der Waals surface area contributed by atoms with Gasteiger partial charge in [-0.3, -0.25) is 10.2 Å². The van der Waals surface area contributed by atoms with Crippen molar-refractivity contribution in [3.8, 4) is 11.3 Å². The van der Waals surface area contributed by atoms with Crippen LogP contribution in [0.25, 0.3) is 11.3 Å². The van der Waals surface area contributed by atoms with Crippen molar-refractivity contribution in [2.75, 3.05) is 13.2 Å². The molecular weight excluding hydrogens is 461 g/mol. The Kier molecular flexibility index (Phi) is 8.19. The highest BCUT2D eigenvalue weighted by atomic mass is 35.5. The number of rotatable bonds is 9. The van der Waals surface area contributed by atoms with E-state index in [0.717, 1.165) is 6.07 Å². The molecule has 1 aromatic heterocycles. The van der Waals surface area contributed by atoms with Crippen LogP contribution in [0.3, 0.4) is 0 Å². The Morgan fingerprint density at radius 3 is 2.72 bits per heavy atom. The van der Waals surface area contributed by atoms with E-state index in [0.29, 0.717) is 35.7 Å². The molecule has 2 aromatic carbocycles. The summed E-state index contributed by atoms with van der Waals surface area (Å²) in [7, 11) is 0. The number of hydrogen-bond donors (Lipinski definition) is 3. The molecule has 168 valence electrons. The largest absolute Gasteiger partial charge is 0.438 e. The summed E-state index contributed by atoms with van der Waals surface area (Å²) in [5.74, 6) is -1.05. The van der Waals surface area contributed by atoms with E-state index < -0.39 is 24.4 Å². The van der Waals surface area contributed by atoms with E-state index >= 15 is 0 Å². The van der Waals surface area contributed by atoms with Crippen LogP contribution in [0.2, 0.25) is 10.0 Å². The molecule has 10 heteroatoms. The van der Waals surface area contributed by atoms with Gasteiger partial charge in [-0.05, 0) is 37.1 Å². The first-order valence-electron chi connectivity index (χ1n) is 9.73. The zero-order chi connectivity index (χ0) is 23.1. The lowest BCUT2D eigenvalue weighted by Crippen LogP contribution is -2.31. The third-order valence-electron chi connectivity index (χ3n) is 4.57. The minimum Gasteiger partial charge on any atom is -0.438 e. The second-order valence-electron chi connectivity index (χ2n) is 6.88. The highest BCUT2D eigenvalue weighted by molar-refractivity contribution is 6.33. The predicted octanol–water partition coefficient (Wildman–Crippen LogP) is 5.58. The monoisotopic (exact) mass is 480 g/mol. The fourth-order valence-electron chi connectivity index (χ4n) is 3.02. The first-order chi connectivity index (χ1) is 15.4. The molecule has 0 saturated heterocycles. The Labute approximate surface area is 193 Å². The van der Waals surface area contributed by atoms with Crippen LogP contribution in [-0.2, 0) is 0 Å². The minimum absolute atomic E-state index is 0.0219. The Balaban J connectivity index is 1.81. The predicted molar refractivity (Wildman–Crippen MR) is 120 cm³/mol. The van der Waals surface area contributed by atoms with E-state index in [1.807, 2.05) is 0 Å². The number of carbonyl (C=O) groups excluding carboxylic acids is 1. The molecule has 1 atom stereocenters. The lowest BCUT2D eigenvalue weighted by Gasteiger charge is -2.17. The highest BCUT2D eigenvalue weighted by Gasteiger charge is 2.24. The maximum atomic E-state index is 14.2. The van der Waals surface area contributed by atoms with Crippen LogP contribution in [-0.4, -0.2) is 29.9 Å². The van der Waals surface area contributed by atoms with Gasteiger partial charge in [-0.15, -0.1) is 0 Å². The number of benzene rings is 2. The summed E-state index contributed by atoms with van der Waals surface area (Å²) in [5, 5.41) is 13.2. The number of amidine groups is 1. The topological polar surface area (TPSA) is 91.0 Å². The quantitative estimate of drug-likeness (QED) is 0.212. The smallest absolute Gasteiger partial charge is 0.256 e. The van der Waals surface area contributed by atoms with E-state index in [-0.39, 0.29) is 22.3 Å². The molecule has 6 nitrogen and oxygen atoms in total. The van der Waals surface area contributed by atoms with E-state index in [2.05, 4.69) is 15.6 Å². The molecule has 0 bridgehead atoms. The van der Waals surface area contributed by atoms with Gasteiger partial charge in [0.1, 0.15) is 24.4 Å². The van der Waals surface area contributed by atoms with Gasteiger partial charge < -0.3 is 15.1 Å². The van der Waals surface area contributed by atoms with Gasteiger partial charge >= 0.3 is 0 Å². The summed E-state index contributed by atoms with van der Waals surface area (Å²) in [5.41, 5.74) is 0.426. The van der Waals surface area contributed by atoms with Crippen molar-refractivity contribution in [2.24, 2.45) is 0 Å². The van der Waals surface area contributed by atoms with Crippen LogP contribution >= 0.6 is 23.2 Å². The van der Waals surface area contributed by atoms with Crippen LogP contribution in [0.1, 0.15) is 35.1 Å². The Morgan fingerprint density at radius 2 is 2.00 bits per heavy atom. The Hall–Kier alpha value is -2.97. The molecule has 1 heterocycles. The third kappa shape index (κ3) is 6.05. The average Bonchev–Trinajstić information content (AvgIpc) is 3.26. The molecular formula is C22H20Cl2F2N4O2. The maximum absolute atomic E-state index is 14.2. The number of carbonyl (C=O) groups is 1. The molecule has 0 aliphatic rings. The number of aromatic nitrogens is 1. The lowest BCUT2D eigenvalue weighted by atomic mass is 10.1. The van der Waals surface area contributed by atoms with Crippen LogP contribution < -0.4 is 10.6 Å². The van der Waals surface area contributed by atoms with Gasteiger partial charge in [0.25, 0.3) is 5.91 Å². The summed E-state index contributed by atoms with van der Waals surface area (Å²) in [6.07, 6.45) is 2.29. The van der Waals surface area contributed by atoms with Crippen molar-refractivity contribution in [1.29, 1.82) is 5.41 Å². The summed E-state index contributed by atoms with van der Waals surface area (Å²) in [6.45, 7) is -0.591. The highest BCUT2D eigenvalue weighted by Crippen LogP contribution is 2.28. The second-order valence-corrected chi connectivity index (χ2v) is 7.72. The summed E-state index contributed by atoms with van der Waals surface area (Å²) >= 11 is 12.0. The second kappa shape index (κ2) is 11.1. The molecule has 0 fully saturated rings. The number of hydrogen-bond acceptors (Lipinski definition) is 4. The SMILES string of the molecule is N=C(CF)NCCC[C@H](NC(=O)c1c(F)cccc1Cl)c1ncc(-c2cccc(Cl)c2)o1. The van der Waals surface area contributed by atoms with E-state index in [1.54, 1.807) is 24.3 Å². The van der Waals surface area contributed by atoms with Crippen molar-refractivity contribution in [3.63, 3.8) is 0 Å². The number of oxazole rings is 1. The number of halogens is 4. The molecule has 0 aliphatic carbocycles. The van der Waals surface area contributed by atoms with Gasteiger partial charge in [0.2, 0.25) is 5.89 Å². The van der Waals surface area contributed by atoms with Crippen LogP contribution in [0.4, 0.5) is 8.78 Å². The molecule has 0 radical (unpaired) electrons. The van der Waals surface area contributed by atoms with Gasteiger partial charge in [-0.25, -0.2) is 13.8 Å². The van der Waals surface area contributed by atoms with Crippen molar-refractivity contribution >= 4 is 34.9 Å². The molecule has 1 amide bonds. The van der Waals surface area contributed by atoms with Crippen LogP contribution in [0.15, 0.2) is 53.1 Å². The zero-order valence-corrected chi connectivity index (χ0v) is 18.3. The maximum Gasteiger partial charge on any atom is 0.256 e. The minimum atomic E-state index is -0.894. The van der Waals surface area contributed by atoms with Crippen molar-refractivity contribution in [3.05, 3.63) is 76.0 Å². The van der Waals surface area contributed by atoms with Crippen LogP contribution in [0.5, 0.6) is 0 Å². The Bertz CT molecular complexity index is 1090. The molecule has 0 unspecified atom stereocenters. The molecule has 3 rings (SSSR count). The molecule has 32 heavy (non-hydrogen) atoms. The van der Waals surface area contributed by atoms with E-state index in [4.69, 9.17) is 33.0 Å².